The van der Waals surface area contributed by atoms with Crippen molar-refractivity contribution in [2.45, 2.75) is 38.1 Å². The minimum Gasteiger partial charge on any atom is -0.338 e. The molecular weight excluding hydrogens is 458 g/mol. The van der Waals surface area contributed by atoms with Gasteiger partial charge in [0.25, 0.3) is 5.91 Å². The van der Waals surface area contributed by atoms with Crippen LogP contribution in [0.4, 0.5) is 11.4 Å². The number of hydrogen-bond acceptors (Lipinski definition) is 4. The van der Waals surface area contributed by atoms with Crippen molar-refractivity contribution in [2.24, 2.45) is 0 Å². The van der Waals surface area contributed by atoms with Crippen LogP contribution in [0.25, 0.3) is 0 Å². The number of rotatable bonds is 7. The molecule has 1 saturated heterocycles. The molecule has 0 spiro atoms. The lowest BCUT2D eigenvalue weighted by Crippen LogP contribution is -2.54. The summed E-state index contributed by atoms with van der Waals surface area (Å²) >= 11 is 1.56. The van der Waals surface area contributed by atoms with Gasteiger partial charge in [0.15, 0.2) is 0 Å². The molecule has 7 heteroatoms. The van der Waals surface area contributed by atoms with Crippen molar-refractivity contribution in [3.63, 3.8) is 0 Å². The molecule has 3 aromatic rings. The molecule has 1 heterocycles. The second-order valence-electron chi connectivity index (χ2n) is 8.80. The summed E-state index contributed by atoms with van der Waals surface area (Å²) in [6.07, 6.45) is 0.410. The van der Waals surface area contributed by atoms with Gasteiger partial charge in [-0.25, -0.2) is 0 Å². The van der Waals surface area contributed by atoms with E-state index in [1.165, 1.54) is 0 Å². The molecule has 0 aliphatic carbocycles. The van der Waals surface area contributed by atoms with E-state index in [0.717, 1.165) is 11.1 Å². The maximum absolute atomic E-state index is 13.2. The lowest BCUT2D eigenvalue weighted by Gasteiger charge is -2.29. The summed E-state index contributed by atoms with van der Waals surface area (Å²) < 4.78 is 0. The van der Waals surface area contributed by atoms with Crippen molar-refractivity contribution >= 4 is 40.9 Å². The molecule has 2 atom stereocenters. The highest BCUT2D eigenvalue weighted by Gasteiger charge is 2.36. The Bertz CT molecular complexity index is 1250. The van der Waals surface area contributed by atoms with Crippen LogP contribution in [0.3, 0.4) is 0 Å². The van der Waals surface area contributed by atoms with Crippen LogP contribution in [0.15, 0.2) is 78.9 Å². The van der Waals surface area contributed by atoms with E-state index >= 15 is 0 Å². The van der Waals surface area contributed by atoms with Gasteiger partial charge in [0.2, 0.25) is 11.8 Å². The van der Waals surface area contributed by atoms with Gasteiger partial charge in [-0.15, -0.1) is 11.8 Å². The van der Waals surface area contributed by atoms with Gasteiger partial charge in [0, 0.05) is 16.9 Å². The largest absolute Gasteiger partial charge is 0.338 e. The molecule has 0 bridgehead atoms. The van der Waals surface area contributed by atoms with Crippen molar-refractivity contribution in [3.8, 4) is 0 Å². The van der Waals surface area contributed by atoms with E-state index < -0.39 is 5.54 Å². The minimum atomic E-state index is -1.11. The van der Waals surface area contributed by atoms with Crippen molar-refractivity contribution in [1.82, 2.24) is 5.32 Å². The highest BCUT2D eigenvalue weighted by Crippen LogP contribution is 2.41. The van der Waals surface area contributed by atoms with Crippen LogP contribution >= 0.6 is 11.8 Å². The number of thioether (sulfide) groups is 1. The van der Waals surface area contributed by atoms with E-state index in [0.29, 0.717) is 29.1 Å². The number of amides is 3. The van der Waals surface area contributed by atoms with Gasteiger partial charge in [-0.1, -0.05) is 61.5 Å². The number of para-hydroxylation sites is 1. The number of nitrogens with zero attached hydrogens (tertiary/aromatic N) is 1. The Kier molecular flexibility index (Phi) is 7.26. The van der Waals surface area contributed by atoms with E-state index in [4.69, 9.17) is 0 Å². The Hall–Kier alpha value is -3.58. The molecule has 0 saturated carbocycles. The zero-order chi connectivity index (χ0) is 25.0. The van der Waals surface area contributed by atoms with Gasteiger partial charge >= 0.3 is 0 Å². The first-order chi connectivity index (χ1) is 16.8. The molecule has 3 amide bonds. The number of benzene rings is 3. The first-order valence-electron chi connectivity index (χ1n) is 11.6. The smallest absolute Gasteiger partial charge is 0.252 e. The lowest BCUT2D eigenvalue weighted by molar-refractivity contribution is -0.121. The highest BCUT2D eigenvalue weighted by molar-refractivity contribution is 8.00. The van der Waals surface area contributed by atoms with E-state index in [1.54, 1.807) is 41.8 Å². The quantitative estimate of drug-likeness (QED) is 0.473. The predicted octanol–water partition coefficient (Wildman–Crippen LogP) is 5.31. The van der Waals surface area contributed by atoms with Crippen LogP contribution in [-0.4, -0.2) is 29.0 Å². The second kappa shape index (κ2) is 10.4. The molecule has 3 aromatic carbocycles. The maximum Gasteiger partial charge on any atom is 0.252 e. The van der Waals surface area contributed by atoms with Crippen LogP contribution in [0.2, 0.25) is 0 Å². The average Bonchev–Trinajstić information content (AvgIpc) is 3.27. The maximum atomic E-state index is 13.2. The lowest BCUT2D eigenvalue weighted by atomic mass is 9.96. The van der Waals surface area contributed by atoms with Crippen molar-refractivity contribution < 1.29 is 14.4 Å². The third-order valence-electron chi connectivity index (χ3n) is 6.33. The molecule has 0 radical (unpaired) electrons. The Morgan fingerprint density at radius 2 is 1.74 bits per heavy atom. The Morgan fingerprint density at radius 3 is 2.46 bits per heavy atom. The Labute approximate surface area is 210 Å². The van der Waals surface area contributed by atoms with Crippen LogP contribution in [0.5, 0.6) is 0 Å². The summed E-state index contributed by atoms with van der Waals surface area (Å²) in [5.41, 5.74) is 2.63. The Balaban J connectivity index is 1.54. The van der Waals surface area contributed by atoms with E-state index in [9.17, 15) is 14.4 Å². The third kappa shape index (κ3) is 5.25. The summed E-state index contributed by atoms with van der Waals surface area (Å²) in [6, 6.07) is 24.4. The van der Waals surface area contributed by atoms with Gasteiger partial charge in [-0.05, 0) is 55.7 Å². The molecule has 6 nitrogen and oxygen atoms in total. The fraction of sp³-hybridized carbons (Fsp3) is 0.250. The van der Waals surface area contributed by atoms with Gasteiger partial charge in [0.05, 0.1) is 5.75 Å². The molecule has 1 aliphatic heterocycles. The molecule has 2 N–H and O–H groups in total. The Morgan fingerprint density at radius 1 is 1.03 bits per heavy atom. The number of hydrogen-bond donors (Lipinski definition) is 2. The number of aryl methyl sites for hydroxylation is 1. The fourth-order valence-corrected chi connectivity index (χ4v) is 5.14. The summed E-state index contributed by atoms with van der Waals surface area (Å²) in [5.74, 6) is -0.277. The van der Waals surface area contributed by atoms with E-state index in [2.05, 4.69) is 10.6 Å². The van der Waals surface area contributed by atoms with E-state index in [-0.39, 0.29) is 23.1 Å². The van der Waals surface area contributed by atoms with Crippen molar-refractivity contribution in [3.05, 3.63) is 95.6 Å². The third-order valence-corrected chi connectivity index (χ3v) is 7.54. The minimum absolute atomic E-state index is 0.00239. The first-order valence-corrected chi connectivity index (χ1v) is 12.7. The van der Waals surface area contributed by atoms with Gasteiger partial charge in [0.1, 0.15) is 10.9 Å². The van der Waals surface area contributed by atoms with Crippen LogP contribution in [0, 0.1) is 6.92 Å². The van der Waals surface area contributed by atoms with Crippen LogP contribution in [0.1, 0.15) is 47.1 Å². The van der Waals surface area contributed by atoms with E-state index in [1.807, 2.05) is 74.5 Å². The number of carbonyl (C=O) groups is 3. The van der Waals surface area contributed by atoms with Crippen molar-refractivity contribution in [2.75, 3.05) is 16.0 Å². The van der Waals surface area contributed by atoms with Gasteiger partial charge < -0.3 is 10.6 Å². The summed E-state index contributed by atoms with van der Waals surface area (Å²) in [4.78, 5) is 40.9. The first kappa shape index (κ1) is 24.5. The molecular formula is C28H29N3O3S. The zero-order valence-corrected chi connectivity index (χ0v) is 20.9. The number of nitrogens with one attached hydrogen (secondary N) is 2. The number of carbonyl (C=O) groups excluding carboxylic acids is 3. The SMILES string of the molecule is CC[C@@](C)(NC(=O)c1cccc(N2C(=O)CS[C@H]2c2ccccc2)c1)C(=O)Nc1ccccc1C. The van der Waals surface area contributed by atoms with Crippen LogP contribution < -0.4 is 15.5 Å². The normalized spacial score (nSPS) is 17.1. The molecule has 1 aliphatic rings. The molecule has 0 unspecified atom stereocenters. The molecule has 35 heavy (non-hydrogen) atoms. The van der Waals surface area contributed by atoms with Gasteiger partial charge in [-0.3, -0.25) is 19.3 Å². The molecule has 180 valence electrons. The topological polar surface area (TPSA) is 78.5 Å². The predicted molar refractivity (Wildman–Crippen MR) is 142 cm³/mol. The standard InChI is InChI=1S/C28H29N3O3S/c1-4-28(3,27(34)29-23-16-9-8-11-19(23)2)30-25(33)21-14-10-15-22(17-21)31-24(32)18-35-26(31)20-12-6-5-7-13-20/h5-17,26H,4,18H2,1-3H3,(H,29,34)(H,30,33)/t26-,28+/m0/s1. The van der Waals surface area contributed by atoms with Crippen LogP contribution in [-0.2, 0) is 9.59 Å². The molecule has 0 aromatic heterocycles. The monoisotopic (exact) mass is 487 g/mol. The summed E-state index contributed by atoms with van der Waals surface area (Å²) in [7, 11) is 0. The molecule has 4 rings (SSSR count). The zero-order valence-electron chi connectivity index (χ0n) is 20.1. The average molecular weight is 488 g/mol. The summed E-state index contributed by atoms with van der Waals surface area (Å²) in [6.45, 7) is 5.50. The highest BCUT2D eigenvalue weighted by atomic mass is 32.2. The van der Waals surface area contributed by atoms with Gasteiger partial charge in [-0.2, -0.15) is 0 Å². The molecule has 1 fully saturated rings. The summed E-state index contributed by atoms with van der Waals surface area (Å²) in [5, 5.41) is 5.70. The number of anilines is 2. The van der Waals surface area contributed by atoms with Crippen molar-refractivity contribution in [1.29, 1.82) is 0 Å². The second-order valence-corrected chi connectivity index (χ2v) is 9.87. The fourth-order valence-electron chi connectivity index (χ4n) is 3.97.